The van der Waals surface area contributed by atoms with Crippen LogP contribution in [0.4, 0.5) is 0 Å². The highest BCUT2D eigenvalue weighted by Gasteiger charge is 2.16. The molecule has 0 radical (unpaired) electrons. The number of thiophene rings is 1. The second-order valence-electron chi connectivity index (χ2n) is 3.65. The lowest BCUT2D eigenvalue weighted by Crippen LogP contribution is -2.05. The van der Waals surface area contributed by atoms with Crippen LogP contribution in [0.5, 0.6) is 5.75 Å². The predicted octanol–water partition coefficient (Wildman–Crippen LogP) is 1.72. The zero-order chi connectivity index (χ0) is 13.1. The minimum Gasteiger partial charge on any atom is -0.484 e. The summed E-state index contributed by atoms with van der Waals surface area (Å²) in [5, 5.41) is 13.0. The molecule has 0 fully saturated rings. The summed E-state index contributed by atoms with van der Waals surface area (Å²) in [4.78, 5) is 16.3. The summed E-state index contributed by atoms with van der Waals surface area (Å²) in [6, 6.07) is 1.77. The number of carboxylic acids is 1. The van der Waals surface area contributed by atoms with Gasteiger partial charge in [-0.2, -0.15) is 5.10 Å². The highest BCUT2D eigenvalue weighted by atomic mass is 32.1. The molecule has 7 heteroatoms. The van der Waals surface area contributed by atoms with Crippen molar-refractivity contribution in [3.05, 3.63) is 28.0 Å². The van der Waals surface area contributed by atoms with Crippen molar-refractivity contribution in [2.24, 2.45) is 7.05 Å². The van der Waals surface area contributed by atoms with Crippen LogP contribution in [-0.2, 0) is 20.1 Å². The number of nitrogens with zero attached hydrogens (tertiary/aromatic N) is 3. The molecule has 2 heterocycles. The standard InChI is InChI=1S/C11H13N3O3S/c1-3-7-4-8(10(18-7)11(15)16)17-5-9-12-6-13-14(9)2/h4,6H,3,5H2,1-2H3,(H,15,16). The molecule has 0 saturated heterocycles. The van der Waals surface area contributed by atoms with Crippen LogP contribution in [0.15, 0.2) is 12.4 Å². The van der Waals surface area contributed by atoms with E-state index in [-0.39, 0.29) is 11.5 Å². The first-order valence-corrected chi connectivity index (χ1v) is 6.25. The average Bonchev–Trinajstić information content (AvgIpc) is 2.92. The molecular weight excluding hydrogens is 254 g/mol. The summed E-state index contributed by atoms with van der Waals surface area (Å²) in [6.45, 7) is 2.18. The Morgan fingerprint density at radius 1 is 1.61 bits per heavy atom. The number of hydrogen-bond donors (Lipinski definition) is 1. The van der Waals surface area contributed by atoms with Gasteiger partial charge in [-0.3, -0.25) is 4.68 Å². The van der Waals surface area contributed by atoms with E-state index in [1.54, 1.807) is 17.8 Å². The molecule has 0 amide bonds. The van der Waals surface area contributed by atoms with E-state index < -0.39 is 5.97 Å². The number of carboxylic acid groups (broad SMARTS) is 1. The van der Waals surface area contributed by atoms with Gasteiger partial charge in [0.25, 0.3) is 0 Å². The molecule has 2 aromatic rings. The Morgan fingerprint density at radius 3 is 2.94 bits per heavy atom. The van der Waals surface area contributed by atoms with Crippen LogP contribution in [-0.4, -0.2) is 25.8 Å². The van der Waals surface area contributed by atoms with Crippen LogP contribution in [0.2, 0.25) is 0 Å². The fourth-order valence-electron chi connectivity index (χ4n) is 1.45. The molecule has 0 aliphatic rings. The van der Waals surface area contributed by atoms with Gasteiger partial charge >= 0.3 is 5.97 Å². The van der Waals surface area contributed by atoms with E-state index in [2.05, 4.69) is 10.1 Å². The normalized spacial score (nSPS) is 10.6. The van der Waals surface area contributed by atoms with E-state index in [4.69, 9.17) is 9.84 Å². The van der Waals surface area contributed by atoms with Crippen molar-refractivity contribution in [1.82, 2.24) is 14.8 Å². The fourth-order valence-corrected chi connectivity index (χ4v) is 2.32. The summed E-state index contributed by atoms with van der Waals surface area (Å²) >= 11 is 1.24. The van der Waals surface area contributed by atoms with Crippen LogP contribution in [0.3, 0.4) is 0 Å². The Morgan fingerprint density at radius 2 is 2.39 bits per heavy atom. The molecular formula is C11H13N3O3S. The third kappa shape index (κ3) is 2.51. The van der Waals surface area contributed by atoms with Crippen molar-refractivity contribution >= 4 is 17.3 Å². The molecule has 0 aliphatic heterocycles. The van der Waals surface area contributed by atoms with E-state index in [1.807, 2.05) is 6.92 Å². The number of aryl methyl sites for hydroxylation is 2. The van der Waals surface area contributed by atoms with Gasteiger partial charge in [0, 0.05) is 11.9 Å². The smallest absolute Gasteiger partial charge is 0.349 e. The van der Waals surface area contributed by atoms with Crippen molar-refractivity contribution in [3.63, 3.8) is 0 Å². The average molecular weight is 267 g/mol. The number of hydrogen-bond acceptors (Lipinski definition) is 5. The quantitative estimate of drug-likeness (QED) is 0.892. The Kier molecular flexibility index (Phi) is 3.61. The molecule has 1 N–H and O–H groups in total. The van der Waals surface area contributed by atoms with E-state index >= 15 is 0 Å². The molecule has 6 nitrogen and oxygen atoms in total. The van der Waals surface area contributed by atoms with E-state index in [9.17, 15) is 4.79 Å². The van der Waals surface area contributed by atoms with Crippen LogP contribution in [0.1, 0.15) is 27.3 Å². The number of carbonyl (C=O) groups is 1. The van der Waals surface area contributed by atoms with E-state index in [0.717, 1.165) is 11.3 Å². The summed E-state index contributed by atoms with van der Waals surface area (Å²) in [5.74, 6) is 0.0793. The Labute approximate surface area is 108 Å². The van der Waals surface area contributed by atoms with Crippen LogP contribution < -0.4 is 4.74 Å². The second kappa shape index (κ2) is 5.18. The Hall–Kier alpha value is -1.89. The lowest BCUT2D eigenvalue weighted by molar-refractivity contribution is 0.0697. The van der Waals surface area contributed by atoms with Gasteiger partial charge in [-0.25, -0.2) is 9.78 Å². The third-order valence-corrected chi connectivity index (χ3v) is 3.70. The highest BCUT2D eigenvalue weighted by Crippen LogP contribution is 2.30. The van der Waals surface area contributed by atoms with Crippen molar-refractivity contribution in [1.29, 1.82) is 0 Å². The highest BCUT2D eigenvalue weighted by molar-refractivity contribution is 7.14. The van der Waals surface area contributed by atoms with Crippen molar-refractivity contribution in [2.45, 2.75) is 20.0 Å². The maximum atomic E-state index is 11.1. The molecule has 2 aromatic heterocycles. The Balaban J connectivity index is 2.16. The first kappa shape index (κ1) is 12.6. The van der Waals surface area contributed by atoms with Crippen molar-refractivity contribution in [3.8, 4) is 5.75 Å². The molecule has 0 atom stereocenters. The maximum absolute atomic E-state index is 11.1. The zero-order valence-corrected chi connectivity index (χ0v) is 10.9. The Bertz CT molecular complexity index is 562. The zero-order valence-electron chi connectivity index (χ0n) is 10.1. The van der Waals surface area contributed by atoms with Gasteiger partial charge in [-0.1, -0.05) is 6.92 Å². The van der Waals surface area contributed by atoms with E-state index in [0.29, 0.717) is 11.6 Å². The molecule has 0 saturated carbocycles. The summed E-state index contributed by atoms with van der Waals surface area (Å²) in [7, 11) is 1.76. The molecule has 2 rings (SSSR count). The number of aromatic carboxylic acids is 1. The van der Waals surface area contributed by atoms with Crippen LogP contribution in [0.25, 0.3) is 0 Å². The predicted molar refractivity (Wildman–Crippen MR) is 66.0 cm³/mol. The number of rotatable bonds is 5. The van der Waals surface area contributed by atoms with Gasteiger partial charge < -0.3 is 9.84 Å². The molecule has 0 unspecified atom stereocenters. The SMILES string of the molecule is CCc1cc(OCc2ncnn2C)c(C(=O)O)s1. The molecule has 0 bridgehead atoms. The number of ether oxygens (including phenoxy) is 1. The van der Waals surface area contributed by atoms with Gasteiger partial charge in [-0.15, -0.1) is 11.3 Å². The first-order chi connectivity index (χ1) is 8.61. The minimum atomic E-state index is -0.965. The van der Waals surface area contributed by atoms with Gasteiger partial charge in [0.05, 0.1) is 0 Å². The largest absolute Gasteiger partial charge is 0.484 e. The maximum Gasteiger partial charge on any atom is 0.349 e. The summed E-state index contributed by atoms with van der Waals surface area (Å²) in [6.07, 6.45) is 2.22. The fraction of sp³-hybridized carbons (Fsp3) is 0.364. The first-order valence-electron chi connectivity index (χ1n) is 5.43. The monoisotopic (exact) mass is 267 g/mol. The van der Waals surface area contributed by atoms with Gasteiger partial charge in [0.2, 0.25) is 0 Å². The van der Waals surface area contributed by atoms with E-state index in [1.165, 1.54) is 17.7 Å². The van der Waals surface area contributed by atoms with Crippen molar-refractivity contribution < 1.29 is 14.6 Å². The van der Waals surface area contributed by atoms with Gasteiger partial charge in [0.1, 0.15) is 18.7 Å². The van der Waals surface area contributed by atoms with Crippen molar-refractivity contribution in [2.75, 3.05) is 0 Å². The minimum absolute atomic E-state index is 0.205. The third-order valence-electron chi connectivity index (χ3n) is 2.45. The lowest BCUT2D eigenvalue weighted by Gasteiger charge is -2.04. The summed E-state index contributed by atoms with van der Waals surface area (Å²) in [5.41, 5.74) is 0. The van der Waals surface area contributed by atoms with Crippen LogP contribution in [0, 0.1) is 0 Å². The molecule has 18 heavy (non-hydrogen) atoms. The summed E-state index contributed by atoms with van der Waals surface area (Å²) < 4.78 is 7.10. The molecule has 96 valence electrons. The second-order valence-corrected chi connectivity index (χ2v) is 4.79. The van der Waals surface area contributed by atoms with Gasteiger partial charge in [-0.05, 0) is 12.5 Å². The molecule has 0 aliphatic carbocycles. The molecule has 0 spiro atoms. The lowest BCUT2D eigenvalue weighted by atomic mass is 10.3. The van der Waals surface area contributed by atoms with Crippen LogP contribution >= 0.6 is 11.3 Å². The number of aromatic nitrogens is 3. The van der Waals surface area contributed by atoms with Gasteiger partial charge in [0.15, 0.2) is 10.7 Å². The molecule has 0 aromatic carbocycles. The topological polar surface area (TPSA) is 77.2 Å².